The van der Waals surface area contributed by atoms with Gasteiger partial charge in [0.1, 0.15) is 0 Å². The summed E-state index contributed by atoms with van der Waals surface area (Å²) in [5.41, 5.74) is -0.739. The molecule has 0 aliphatic rings. The fourth-order valence-corrected chi connectivity index (χ4v) is 1.29. The number of nitro groups is 1. The van der Waals surface area contributed by atoms with Crippen LogP contribution in [0.5, 0.6) is 11.6 Å². The van der Waals surface area contributed by atoms with Crippen molar-refractivity contribution in [2.24, 2.45) is 0 Å². The summed E-state index contributed by atoms with van der Waals surface area (Å²) in [5.74, 6) is -3.99. The molecule has 0 aliphatic heterocycles. The van der Waals surface area contributed by atoms with E-state index in [0.717, 1.165) is 7.11 Å². The Bertz CT molecular complexity index is 560. The van der Waals surface area contributed by atoms with Gasteiger partial charge >= 0.3 is 24.0 Å². The highest BCUT2D eigenvalue weighted by Gasteiger charge is 2.38. The molecule has 0 aromatic carbocycles. The number of alkyl halides is 3. The lowest BCUT2D eigenvalue weighted by atomic mass is 10.2. The normalized spacial score (nSPS) is 10.9. The minimum absolute atomic E-state index is 0.121. The molecule has 0 bridgehead atoms. The van der Waals surface area contributed by atoms with Crippen LogP contribution in [0.15, 0.2) is 6.07 Å². The molecule has 0 saturated carbocycles. The van der Waals surface area contributed by atoms with Crippen molar-refractivity contribution < 1.29 is 37.1 Å². The third-order valence-electron chi connectivity index (χ3n) is 2.03. The van der Waals surface area contributed by atoms with Crippen LogP contribution in [0.4, 0.5) is 19.0 Å². The maximum Gasteiger partial charge on any atom is 0.575 e. The predicted octanol–water partition coefficient (Wildman–Crippen LogP) is 2.07. The number of esters is 1. The fraction of sp³-hybridized carbons (Fsp3) is 0.400. The summed E-state index contributed by atoms with van der Waals surface area (Å²) < 4.78 is 49.5. The number of pyridine rings is 1. The third kappa shape index (κ3) is 4.19. The monoisotopic (exact) mass is 310 g/mol. The van der Waals surface area contributed by atoms with Crippen LogP contribution in [0.25, 0.3) is 0 Å². The molecule has 11 heteroatoms. The Morgan fingerprint density at radius 3 is 2.52 bits per heavy atom. The van der Waals surface area contributed by atoms with Gasteiger partial charge in [0.2, 0.25) is 5.75 Å². The summed E-state index contributed by atoms with van der Waals surface area (Å²) in [4.78, 5) is 24.3. The first-order valence-electron chi connectivity index (χ1n) is 5.35. The lowest BCUT2D eigenvalue weighted by Gasteiger charge is -2.10. The van der Waals surface area contributed by atoms with Crippen LogP contribution in [0.1, 0.15) is 17.3 Å². The SMILES string of the molecule is CCOC(=O)c1cc(OC)c([N+](=O)[O-])nc1OC(F)(F)F. The Balaban J connectivity index is 3.44. The number of hydrogen-bond acceptors (Lipinski definition) is 7. The lowest BCUT2D eigenvalue weighted by Crippen LogP contribution is -2.21. The number of carbonyl (C=O) groups is 1. The van der Waals surface area contributed by atoms with E-state index in [9.17, 15) is 28.1 Å². The minimum Gasteiger partial charge on any atom is -0.489 e. The van der Waals surface area contributed by atoms with Crippen molar-refractivity contribution in [1.29, 1.82) is 0 Å². The van der Waals surface area contributed by atoms with E-state index in [1.54, 1.807) is 0 Å². The highest BCUT2D eigenvalue weighted by atomic mass is 19.4. The van der Waals surface area contributed by atoms with Crippen LogP contribution in [0, 0.1) is 10.1 Å². The van der Waals surface area contributed by atoms with Crippen LogP contribution in [0.3, 0.4) is 0 Å². The van der Waals surface area contributed by atoms with Crippen molar-refractivity contribution in [3.8, 4) is 11.6 Å². The van der Waals surface area contributed by atoms with Gasteiger partial charge in [-0.3, -0.25) is 0 Å². The van der Waals surface area contributed by atoms with E-state index in [0.29, 0.717) is 6.07 Å². The molecule has 1 heterocycles. The molecular formula is C10H9F3N2O6. The smallest absolute Gasteiger partial charge is 0.489 e. The number of hydrogen-bond donors (Lipinski definition) is 0. The van der Waals surface area contributed by atoms with Crippen molar-refractivity contribution in [3.05, 3.63) is 21.7 Å². The molecule has 21 heavy (non-hydrogen) atoms. The van der Waals surface area contributed by atoms with Gasteiger partial charge in [-0.25, -0.2) is 4.79 Å². The number of aromatic nitrogens is 1. The second-order valence-electron chi connectivity index (χ2n) is 3.39. The van der Waals surface area contributed by atoms with Gasteiger partial charge < -0.3 is 24.3 Å². The number of methoxy groups -OCH3 is 1. The lowest BCUT2D eigenvalue weighted by molar-refractivity contribution is -0.390. The van der Waals surface area contributed by atoms with Crippen molar-refractivity contribution in [2.45, 2.75) is 13.3 Å². The molecule has 116 valence electrons. The molecule has 1 aromatic heterocycles. The maximum atomic E-state index is 12.3. The van der Waals surface area contributed by atoms with Gasteiger partial charge in [-0.15, -0.1) is 13.2 Å². The summed E-state index contributed by atoms with van der Waals surface area (Å²) >= 11 is 0. The van der Waals surface area contributed by atoms with Gasteiger partial charge in [0.25, 0.3) is 0 Å². The molecule has 8 nitrogen and oxygen atoms in total. The molecule has 0 fully saturated rings. The van der Waals surface area contributed by atoms with E-state index >= 15 is 0 Å². The molecule has 0 spiro atoms. The first-order chi connectivity index (χ1) is 9.69. The van der Waals surface area contributed by atoms with E-state index in [1.807, 2.05) is 0 Å². The molecule has 1 rings (SSSR count). The molecule has 0 atom stereocenters. The number of rotatable bonds is 5. The summed E-state index contributed by atoms with van der Waals surface area (Å²) in [6.45, 7) is 1.31. The zero-order valence-corrected chi connectivity index (χ0v) is 10.8. The van der Waals surface area contributed by atoms with Gasteiger partial charge in [0.05, 0.1) is 13.7 Å². The summed E-state index contributed by atoms with van der Waals surface area (Å²) in [5, 5.41) is 10.7. The Morgan fingerprint density at radius 2 is 2.10 bits per heavy atom. The largest absolute Gasteiger partial charge is 0.575 e. The Morgan fingerprint density at radius 1 is 1.48 bits per heavy atom. The van der Waals surface area contributed by atoms with E-state index in [1.165, 1.54) is 6.92 Å². The quantitative estimate of drug-likeness (QED) is 0.466. The van der Waals surface area contributed by atoms with E-state index in [2.05, 4.69) is 19.2 Å². The van der Waals surface area contributed by atoms with Gasteiger partial charge in [-0.1, -0.05) is 0 Å². The van der Waals surface area contributed by atoms with Crippen LogP contribution in [-0.4, -0.2) is 36.0 Å². The minimum atomic E-state index is -5.18. The summed E-state index contributed by atoms with van der Waals surface area (Å²) in [6.07, 6.45) is -5.18. The fourth-order valence-electron chi connectivity index (χ4n) is 1.29. The van der Waals surface area contributed by atoms with Crippen molar-refractivity contribution >= 4 is 11.8 Å². The zero-order valence-electron chi connectivity index (χ0n) is 10.8. The average molecular weight is 310 g/mol. The van der Waals surface area contributed by atoms with Gasteiger partial charge in [0.15, 0.2) is 5.56 Å². The first-order valence-corrected chi connectivity index (χ1v) is 5.35. The molecule has 1 aromatic rings. The number of halogens is 3. The summed E-state index contributed by atoms with van der Waals surface area (Å²) in [6, 6.07) is 0.699. The predicted molar refractivity (Wildman–Crippen MR) is 60.1 cm³/mol. The van der Waals surface area contributed by atoms with Crippen LogP contribution in [-0.2, 0) is 4.74 Å². The second-order valence-corrected chi connectivity index (χ2v) is 3.39. The highest BCUT2D eigenvalue weighted by molar-refractivity contribution is 5.92. The third-order valence-corrected chi connectivity index (χ3v) is 2.03. The first kappa shape index (κ1) is 16.5. The van der Waals surface area contributed by atoms with E-state index in [4.69, 9.17) is 0 Å². The van der Waals surface area contributed by atoms with E-state index in [-0.39, 0.29) is 6.61 Å². The molecule has 0 saturated heterocycles. The second kappa shape index (κ2) is 6.24. The van der Waals surface area contributed by atoms with Gasteiger partial charge in [-0.2, -0.15) is 0 Å². The molecule has 0 radical (unpaired) electrons. The zero-order chi connectivity index (χ0) is 16.2. The average Bonchev–Trinajstić information content (AvgIpc) is 2.36. The number of nitrogens with zero attached hydrogens (tertiary/aromatic N) is 2. The van der Waals surface area contributed by atoms with Crippen molar-refractivity contribution in [1.82, 2.24) is 4.98 Å². The van der Waals surface area contributed by atoms with Gasteiger partial charge in [0, 0.05) is 11.1 Å². The highest BCUT2D eigenvalue weighted by Crippen LogP contribution is 2.33. The molecule has 0 unspecified atom stereocenters. The molecular weight excluding hydrogens is 301 g/mol. The summed E-state index contributed by atoms with van der Waals surface area (Å²) in [7, 11) is 1.03. The number of carbonyl (C=O) groups excluding carboxylic acids is 1. The molecule has 0 aliphatic carbocycles. The maximum absolute atomic E-state index is 12.3. The Hall–Kier alpha value is -2.59. The van der Waals surface area contributed by atoms with Crippen LogP contribution in [0.2, 0.25) is 0 Å². The van der Waals surface area contributed by atoms with Crippen molar-refractivity contribution in [2.75, 3.05) is 13.7 Å². The standard InChI is InChI=1S/C10H9F3N2O6/c1-3-20-9(16)5-4-6(19-2)7(15(17)18)14-8(5)21-10(11,12)13/h4H,3H2,1-2H3. The Kier molecular flexibility index (Phi) is 4.89. The topological polar surface area (TPSA) is 101 Å². The number of ether oxygens (including phenoxy) is 3. The van der Waals surface area contributed by atoms with Crippen LogP contribution >= 0.6 is 0 Å². The van der Waals surface area contributed by atoms with Gasteiger partial charge in [-0.05, 0) is 11.8 Å². The van der Waals surface area contributed by atoms with Crippen LogP contribution < -0.4 is 9.47 Å². The molecule has 0 amide bonds. The molecule has 0 N–H and O–H groups in total. The van der Waals surface area contributed by atoms with Crippen molar-refractivity contribution in [3.63, 3.8) is 0 Å². The van der Waals surface area contributed by atoms with E-state index < -0.39 is 40.3 Å². The Labute approximate surface area is 115 Å².